The summed E-state index contributed by atoms with van der Waals surface area (Å²) < 4.78 is 0. The molecule has 0 aromatic carbocycles. The van der Waals surface area contributed by atoms with Gasteiger partial charge in [0.15, 0.2) is 0 Å². The Balaban J connectivity index is 1.93. The summed E-state index contributed by atoms with van der Waals surface area (Å²) in [5, 5.41) is 8.79. The number of rotatable bonds is 9. The molecule has 1 atom stereocenters. The first-order valence-corrected chi connectivity index (χ1v) is 6.91. The topological polar surface area (TPSA) is 70.2 Å². The van der Waals surface area contributed by atoms with E-state index < -0.39 is 0 Å². The second kappa shape index (κ2) is 8.08. The molecule has 0 radical (unpaired) electrons. The van der Waals surface area contributed by atoms with Crippen LogP contribution in [0.1, 0.15) is 39.5 Å². The molecular weight excluding hydrogens is 230 g/mol. The lowest BCUT2D eigenvalue weighted by Crippen LogP contribution is -2.41. The Morgan fingerprint density at radius 1 is 1.28 bits per heavy atom. The summed E-state index contributed by atoms with van der Waals surface area (Å²) in [6.45, 7) is 5.65. The van der Waals surface area contributed by atoms with Gasteiger partial charge in [0, 0.05) is 25.0 Å². The van der Waals surface area contributed by atoms with Crippen LogP contribution < -0.4 is 16.0 Å². The van der Waals surface area contributed by atoms with Crippen LogP contribution >= 0.6 is 0 Å². The van der Waals surface area contributed by atoms with Crippen molar-refractivity contribution < 1.29 is 9.59 Å². The van der Waals surface area contributed by atoms with E-state index in [9.17, 15) is 9.59 Å². The van der Waals surface area contributed by atoms with Gasteiger partial charge in [-0.05, 0) is 26.2 Å². The molecule has 1 saturated carbocycles. The third-order valence-corrected chi connectivity index (χ3v) is 2.96. The lowest BCUT2D eigenvalue weighted by molar-refractivity contribution is -0.122. The first kappa shape index (κ1) is 15.0. The van der Waals surface area contributed by atoms with E-state index in [0.717, 1.165) is 25.7 Å². The molecule has 18 heavy (non-hydrogen) atoms. The number of nitrogens with one attached hydrogen (secondary N) is 3. The molecule has 0 aromatic heterocycles. The highest BCUT2D eigenvalue weighted by molar-refractivity contribution is 5.80. The van der Waals surface area contributed by atoms with Gasteiger partial charge in [0.1, 0.15) is 0 Å². The Morgan fingerprint density at radius 2 is 2.00 bits per heavy atom. The second-order valence-corrected chi connectivity index (χ2v) is 5.00. The van der Waals surface area contributed by atoms with Gasteiger partial charge in [-0.2, -0.15) is 0 Å². The predicted molar refractivity (Wildman–Crippen MR) is 71.1 cm³/mol. The van der Waals surface area contributed by atoms with Crippen molar-refractivity contribution in [1.82, 2.24) is 16.0 Å². The van der Waals surface area contributed by atoms with E-state index in [4.69, 9.17) is 0 Å². The molecule has 1 aliphatic rings. The van der Waals surface area contributed by atoms with Gasteiger partial charge in [-0.3, -0.25) is 9.59 Å². The van der Waals surface area contributed by atoms with Gasteiger partial charge in [0.25, 0.3) is 0 Å². The maximum Gasteiger partial charge on any atom is 0.234 e. The molecule has 104 valence electrons. The maximum absolute atomic E-state index is 11.5. The number of amides is 2. The molecule has 0 spiro atoms. The highest BCUT2D eigenvalue weighted by Crippen LogP contribution is 2.28. The van der Waals surface area contributed by atoms with Crippen molar-refractivity contribution in [2.45, 2.75) is 45.6 Å². The van der Waals surface area contributed by atoms with Crippen LogP contribution in [0.25, 0.3) is 0 Å². The van der Waals surface area contributed by atoms with Gasteiger partial charge >= 0.3 is 0 Å². The standard InChI is InChI=1S/C13H25N3O2/c1-3-4-10(2)16-12(17)9-14-7-8-15-13(18)11-5-6-11/h10-11,14H,3-9H2,1-2H3,(H,15,18)(H,16,17). The molecular formula is C13H25N3O2. The molecule has 0 aliphatic heterocycles. The monoisotopic (exact) mass is 255 g/mol. The molecule has 1 unspecified atom stereocenters. The Labute approximate surface area is 109 Å². The van der Waals surface area contributed by atoms with Crippen LogP contribution in [0.2, 0.25) is 0 Å². The normalized spacial score (nSPS) is 16.1. The molecule has 3 N–H and O–H groups in total. The largest absolute Gasteiger partial charge is 0.355 e. The third kappa shape index (κ3) is 6.59. The zero-order valence-corrected chi connectivity index (χ0v) is 11.4. The van der Waals surface area contributed by atoms with Gasteiger partial charge in [-0.15, -0.1) is 0 Å². The summed E-state index contributed by atoms with van der Waals surface area (Å²) >= 11 is 0. The van der Waals surface area contributed by atoms with E-state index in [1.165, 1.54) is 0 Å². The highest BCUT2D eigenvalue weighted by Gasteiger charge is 2.28. The molecule has 0 heterocycles. The van der Waals surface area contributed by atoms with Crippen LogP contribution in [-0.2, 0) is 9.59 Å². The molecule has 0 aromatic rings. The van der Waals surface area contributed by atoms with Crippen LogP contribution in [0, 0.1) is 5.92 Å². The van der Waals surface area contributed by atoms with Crippen molar-refractivity contribution in [2.75, 3.05) is 19.6 Å². The van der Waals surface area contributed by atoms with Crippen molar-refractivity contribution in [1.29, 1.82) is 0 Å². The third-order valence-electron chi connectivity index (χ3n) is 2.96. The number of carbonyl (C=O) groups is 2. The quantitative estimate of drug-likeness (QED) is 0.523. The van der Waals surface area contributed by atoms with E-state index in [1.54, 1.807) is 0 Å². The van der Waals surface area contributed by atoms with Gasteiger partial charge in [0.2, 0.25) is 11.8 Å². The minimum absolute atomic E-state index is 0.0180. The Hall–Kier alpha value is -1.10. The fourth-order valence-corrected chi connectivity index (χ4v) is 1.80. The number of hydrogen-bond donors (Lipinski definition) is 3. The molecule has 1 rings (SSSR count). The predicted octanol–water partition coefficient (Wildman–Crippen LogP) is 0.407. The minimum atomic E-state index is 0.0180. The van der Waals surface area contributed by atoms with Gasteiger partial charge in [-0.1, -0.05) is 13.3 Å². The van der Waals surface area contributed by atoms with Crippen molar-refractivity contribution in [2.24, 2.45) is 5.92 Å². The SMILES string of the molecule is CCCC(C)NC(=O)CNCCNC(=O)C1CC1. The molecule has 0 saturated heterocycles. The molecule has 2 amide bonds. The summed E-state index contributed by atoms with van der Waals surface area (Å²) in [5.74, 6) is 0.422. The van der Waals surface area contributed by atoms with Crippen LogP contribution in [-0.4, -0.2) is 37.5 Å². The molecule has 1 aliphatic carbocycles. The average molecular weight is 255 g/mol. The minimum Gasteiger partial charge on any atom is -0.355 e. The molecule has 5 nitrogen and oxygen atoms in total. The Kier molecular flexibility index (Phi) is 6.72. The average Bonchev–Trinajstić information content (AvgIpc) is 3.12. The van der Waals surface area contributed by atoms with Crippen LogP contribution in [0.3, 0.4) is 0 Å². The summed E-state index contributed by atoms with van der Waals surface area (Å²) in [7, 11) is 0. The summed E-state index contributed by atoms with van der Waals surface area (Å²) in [6, 6.07) is 0.235. The van der Waals surface area contributed by atoms with Crippen molar-refractivity contribution in [3.8, 4) is 0 Å². The van der Waals surface area contributed by atoms with Crippen LogP contribution in [0.15, 0.2) is 0 Å². The number of hydrogen-bond acceptors (Lipinski definition) is 3. The molecule has 5 heteroatoms. The summed E-state index contributed by atoms with van der Waals surface area (Å²) in [6.07, 6.45) is 4.12. The smallest absolute Gasteiger partial charge is 0.234 e. The van der Waals surface area contributed by atoms with Gasteiger partial charge in [0.05, 0.1) is 6.54 Å². The fourth-order valence-electron chi connectivity index (χ4n) is 1.80. The van der Waals surface area contributed by atoms with E-state index in [-0.39, 0.29) is 23.8 Å². The van der Waals surface area contributed by atoms with Crippen LogP contribution in [0.5, 0.6) is 0 Å². The van der Waals surface area contributed by atoms with Gasteiger partial charge < -0.3 is 16.0 Å². The second-order valence-electron chi connectivity index (χ2n) is 5.00. The summed E-state index contributed by atoms with van der Waals surface area (Å²) in [5.41, 5.74) is 0. The zero-order valence-electron chi connectivity index (χ0n) is 11.4. The Bertz CT molecular complexity index is 277. The van der Waals surface area contributed by atoms with E-state index in [0.29, 0.717) is 19.6 Å². The highest BCUT2D eigenvalue weighted by atomic mass is 16.2. The zero-order chi connectivity index (χ0) is 13.4. The fraction of sp³-hybridized carbons (Fsp3) is 0.846. The molecule has 1 fully saturated rings. The van der Waals surface area contributed by atoms with Crippen molar-refractivity contribution in [3.05, 3.63) is 0 Å². The number of carbonyl (C=O) groups excluding carboxylic acids is 2. The molecule has 0 bridgehead atoms. The van der Waals surface area contributed by atoms with Crippen molar-refractivity contribution >= 4 is 11.8 Å². The lowest BCUT2D eigenvalue weighted by atomic mass is 10.2. The van der Waals surface area contributed by atoms with E-state index in [2.05, 4.69) is 22.9 Å². The maximum atomic E-state index is 11.5. The van der Waals surface area contributed by atoms with Crippen LogP contribution in [0.4, 0.5) is 0 Å². The lowest BCUT2D eigenvalue weighted by Gasteiger charge is -2.13. The van der Waals surface area contributed by atoms with Gasteiger partial charge in [-0.25, -0.2) is 0 Å². The van der Waals surface area contributed by atoms with Crippen molar-refractivity contribution in [3.63, 3.8) is 0 Å². The first-order valence-electron chi connectivity index (χ1n) is 6.91. The summed E-state index contributed by atoms with van der Waals surface area (Å²) in [4.78, 5) is 22.8. The van der Waals surface area contributed by atoms with E-state index in [1.807, 2.05) is 6.92 Å². The Morgan fingerprint density at radius 3 is 2.61 bits per heavy atom. The first-order chi connectivity index (χ1) is 8.63. The van der Waals surface area contributed by atoms with E-state index >= 15 is 0 Å².